The number of hydrogen-bond donors (Lipinski definition) is 0. The Morgan fingerprint density at radius 2 is 2.04 bits per heavy atom. The van der Waals surface area contributed by atoms with Crippen LogP contribution in [0.1, 0.15) is 31.1 Å². The highest BCUT2D eigenvalue weighted by atomic mass is 35.5. The van der Waals surface area contributed by atoms with E-state index in [9.17, 15) is 17.6 Å². The molecule has 3 nitrogen and oxygen atoms in total. The maximum Gasteiger partial charge on any atom is 0.419 e. The summed E-state index contributed by atoms with van der Waals surface area (Å²) in [6.45, 7) is 0.608. The number of aromatic nitrogens is 2. The lowest BCUT2D eigenvalue weighted by Crippen LogP contribution is -2.19. The van der Waals surface area contributed by atoms with Gasteiger partial charge in [0, 0.05) is 17.4 Å². The molecule has 1 atom stereocenters. The Balaban J connectivity index is 2.00. The van der Waals surface area contributed by atoms with Crippen molar-refractivity contribution in [2.45, 2.75) is 31.7 Å². The fourth-order valence-electron chi connectivity index (χ4n) is 3.34. The summed E-state index contributed by atoms with van der Waals surface area (Å²) in [6, 6.07) is 3.66. The summed E-state index contributed by atoms with van der Waals surface area (Å²) >= 11 is 6.25. The zero-order valence-corrected chi connectivity index (χ0v) is 13.7. The van der Waals surface area contributed by atoms with E-state index in [-0.39, 0.29) is 22.0 Å². The van der Waals surface area contributed by atoms with E-state index in [4.69, 9.17) is 16.3 Å². The quantitative estimate of drug-likeness (QED) is 0.512. The Morgan fingerprint density at radius 1 is 1.24 bits per heavy atom. The SMILES string of the molecule is Fc1ccc2cc3c(cnn3C3CCCCO3)c(Cl)c2c1C(F)(F)F. The van der Waals surface area contributed by atoms with Gasteiger partial charge in [-0.2, -0.15) is 18.3 Å². The second kappa shape index (κ2) is 5.85. The van der Waals surface area contributed by atoms with Gasteiger partial charge in [0.15, 0.2) is 6.23 Å². The molecule has 1 saturated heterocycles. The van der Waals surface area contributed by atoms with Crippen LogP contribution in [0.2, 0.25) is 5.02 Å². The zero-order valence-electron chi connectivity index (χ0n) is 12.9. The molecule has 4 rings (SSSR count). The van der Waals surface area contributed by atoms with Gasteiger partial charge >= 0.3 is 6.18 Å². The molecule has 0 aliphatic carbocycles. The van der Waals surface area contributed by atoms with E-state index in [2.05, 4.69) is 5.10 Å². The predicted octanol–water partition coefficient (Wildman–Crippen LogP) is 5.70. The molecule has 1 aromatic heterocycles. The van der Waals surface area contributed by atoms with Crippen LogP contribution in [0.25, 0.3) is 21.7 Å². The molecular formula is C17H13ClF4N2O. The van der Waals surface area contributed by atoms with E-state index < -0.39 is 17.6 Å². The largest absolute Gasteiger partial charge is 0.419 e. The first kappa shape index (κ1) is 16.6. The van der Waals surface area contributed by atoms with Gasteiger partial charge in [-0.15, -0.1) is 0 Å². The van der Waals surface area contributed by atoms with Gasteiger partial charge in [-0.3, -0.25) is 0 Å². The summed E-state index contributed by atoms with van der Waals surface area (Å²) in [5, 5.41) is 4.31. The van der Waals surface area contributed by atoms with Crippen LogP contribution in [-0.4, -0.2) is 16.4 Å². The molecule has 8 heteroatoms. The average molecular weight is 373 g/mol. The van der Waals surface area contributed by atoms with Crippen LogP contribution < -0.4 is 0 Å². The van der Waals surface area contributed by atoms with Crippen LogP contribution in [-0.2, 0) is 10.9 Å². The first-order valence-corrected chi connectivity index (χ1v) is 8.22. The summed E-state index contributed by atoms with van der Waals surface area (Å²) in [5.74, 6) is -1.34. The van der Waals surface area contributed by atoms with Gasteiger partial charge in [0.25, 0.3) is 0 Å². The van der Waals surface area contributed by atoms with Crippen LogP contribution >= 0.6 is 11.6 Å². The number of halogens is 5. The minimum Gasteiger partial charge on any atom is -0.356 e. The highest BCUT2D eigenvalue weighted by Crippen LogP contribution is 2.43. The molecular weight excluding hydrogens is 360 g/mol. The molecule has 25 heavy (non-hydrogen) atoms. The summed E-state index contributed by atoms with van der Waals surface area (Å²) in [6.07, 6.45) is -1.00. The molecule has 132 valence electrons. The van der Waals surface area contributed by atoms with Crippen molar-refractivity contribution >= 4 is 33.3 Å². The van der Waals surface area contributed by atoms with Crippen molar-refractivity contribution in [1.29, 1.82) is 0 Å². The molecule has 2 heterocycles. The zero-order chi connectivity index (χ0) is 17.8. The minimum absolute atomic E-state index is 0.151. The highest BCUT2D eigenvalue weighted by molar-refractivity contribution is 6.41. The van der Waals surface area contributed by atoms with Crippen LogP contribution in [0, 0.1) is 5.82 Å². The van der Waals surface area contributed by atoms with E-state index in [0.717, 1.165) is 25.3 Å². The second-order valence-electron chi connectivity index (χ2n) is 6.05. The van der Waals surface area contributed by atoms with Crippen molar-refractivity contribution in [3.05, 3.63) is 40.8 Å². The third-order valence-corrected chi connectivity index (χ3v) is 4.87. The van der Waals surface area contributed by atoms with Crippen LogP contribution in [0.15, 0.2) is 24.4 Å². The van der Waals surface area contributed by atoms with Crippen molar-refractivity contribution in [2.24, 2.45) is 0 Å². The molecule has 2 aromatic carbocycles. The third-order valence-electron chi connectivity index (χ3n) is 4.48. The molecule has 3 aromatic rings. The lowest BCUT2D eigenvalue weighted by atomic mass is 10.0. The van der Waals surface area contributed by atoms with E-state index in [1.165, 1.54) is 12.3 Å². The summed E-state index contributed by atoms with van der Waals surface area (Å²) in [5.41, 5.74) is -0.775. The number of ether oxygens (including phenoxy) is 1. The minimum atomic E-state index is -4.84. The van der Waals surface area contributed by atoms with Gasteiger partial charge < -0.3 is 4.74 Å². The van der Waals surface area contributed by atoms with Gasteiger partial charge in [0.05, 0.1) is 16.7 Å². The first-order chi connectivity index (χ1) is 11.9. The van der Waals surface area contributed by atoms with Gasteiger partial charge in [-0.25, -0.2) is 9.07 Å². The number of alkyl halides is 3. The number of rotatable bonds is 1. The first-order valence-electron chi connectivity index (χ1n) is 7.84. The number of hydrogen-bond acceptors (Lipinski definition) is 2. The standard InChI is InChI=1S/C17H13ClF4N2O/c18-16-10-8-23-24(13-3-1-2-6-25-13)12(10)7-9-4-5-11(19)15(14(9)16)17(20,21)22/h4-5,7-8,13H,1-3,6H2. The normalized spacial score (nSPS) is 19.0. The van der Waals surface area contributed by atoms with Crippen LogP contribution in [0.5, 0.6) is 0 Å². The average Bonchev–Trinajstić information content (AvgIpc) is 2.99. The maximum atomic E-state index is 13.9. The second-order valence-corrected chi connectivity index (χ2v) is 6.43. The molecule has 0 N–H and O–H groups in total. The molecule has 1 aliphatic heterocycles. The lowest BCUT2D eigenvalue weighted by Gasteiger charge is -2.23. The Hall–Kier alpha value is -1.86. The molecule has 0 bridgehead atoms. The lowest BCUT2D eigenvalue weighted by molar-refractivity contribution is -0.138. The Kier molecular flexibility index (Phi) is 3.88. The van der Waals surface area contributed by atoms with Crippen molar-refractivity contribution < 1.29 is 22.3 Å². The predicted molar refractivity (Wildman–Crippen MR) is 86.0 cm³/mol. The van der Waals surface area contributed by atoms with E-state index in [0.29, 0.717) is 17.5 Å². The fourth-order valence-corrected chi connectivity index (χ4v) is 3.69. The summed E-state index contributed by atoms with van der Waals surface area (Å²) in [4.78, 5) is 0. The number of fused-ring (bicyclic) bond motifs is 2. The molecule has 0 amide bonds. The Labute approximate surface area is 145 Å². The van der Waals surface area contributed by atoms with E-state index >= 15 is 0 Å². The molecule has 1 fully saturated rings. The monoisotopic (exact) mass is 372 g/mol. The van der Waals surface area contributed by atoms with Gasteiger partial charge in [0.1, 0.15) is 11.4 Å². The van der Waals surface area contributed by atoms with E-state index in [1.807, 2.05) is 0 Å². The van der Waals surface area contributed by atoms with Crippen LogP contribution in [0.3, 0.4) is 0 Å². The molecule has 1 aliphatic rings. The van der Waals surface area contributed by atoms with E-state index in [1.54, 1.807) is 10.7 Å². The molecule has 1 unspecified atom stereocenters. The Morgan fingerprint density at radius 3 is 2.72 bits per heavy atom. The smallest absolute Gasteiger partial charge is 0.356 e. The van der Waals surface area contributed by atoms with Crippen LogP contribution in [0.4, 0.5) is 17.6 Å². The molecule has 0 spiro atoms. The molecule has 0 saturated carbocycles. The van der Waals surface area contributed by atoms with Gasteiger partial charge in [-0.1, -0.05) is 17.7 Å². The Bertz CT molecular complexity index is 961. The highest BCUT2D eigenvalue weighted by Gasteiger charge is 2.37. The third kappa shape index (κ3) is 2.66. The van der Waals surface area contributed by atoms with Gasteiger partial charge in [-0.05, 0) is 36.8 Å². The molecule has 0 radical (unpaired) electrons. The summed E-state index contributed by atoms with van der Waals surface area (Å²) < 4.78 is 61.2. The maximum absolute atomic E-state index is 13.9. The van der Waals surface area contributed by atoms with Crippen molar-refractivity contribution in [3.63, 3.8) is 0 Å². The number of benzene rings is 2. The fraction of sp³-hybridized carbons (Fsp3) is 0.353. The van der Waals surface area contributed by atoms with Gasteiger partial charge in [0.2, 0.25) is 0 Å². The summed E-state index contributed by atoms with van der Waals surface area (Å²) in [7, 11) is 0. The van der Waals surface area contributed by atoms with Crippen molar-refractivity contribution in [1.82, 2.24) is 9.78 Å². The number of nitrogens with zero attached hydrogens (tertiary/aromatic N) is 2. The van der Waals surface area contributed by atoms with Crippen molar-refractivity contribution in [2.75, 3.05) is 6.61 Å². The topological polar surface area (TPSA) is 27.1 Å². The van der Waals surface area contributed by atoms with Crippen molar-refractivity contribution in [3.8, 4) is 0 Å².